The van der Waals surface area contributed by atoms with Gasteiger partial charge >= 0.3 is 11.9 Å². The molecule has 1 aromatic rings. The SMILES string of the molecule is O=C(O)C=Cc1cc(F)c(C(=O)O)cc1F. The summed E-state index contributed by atoms with van der Waals surface area (Å²) in [4.78, 5) is 20.6. The molecule has 0 bridgehead atoms. The van der Waals surface area contributed by atoms with Gasteiger partial charge in [-0.15, -0.1) is 0 Å². The molecule has 0 heterocycles. The zero-order valence-electron chi connectivity index (χ0n) is 7.78. The standard InChI is InChI=1S/C10H6F2O4/c11-7-4-6(10(15)16)8(12)3-5(7)1-2-9(13)14/h1-4H,(H,13,14)(H,15,16). The predicted octanol–water partition coefficient (Wildman–Crippen LogP) is 1.76. The molecule has 1 rings (SSSR count). The smallest absolute Gasteiger partial charge is 0.338 e. The van der Waals surface area contributed by atoms with Crippen LogP contribution in [0.25, 0.3) is 6.08 Å². The minimum atomic E-state index is -1.59. The molecular formula is C10H6F2O4. The lowest BCUT2D eigenvalue weighted by Gasteiger charge is -2.01. The molecule has 1 aromatic carbocycles. The van der Waals surface area contributed by atoms with Gasteiger partial charge in [-0.3, -0.25) is 0 Å². The van der Waals surface area contributed by atoms with Crippen molar-refractivity contribution in [1.82, 2.24) is 0 Å². The highest BCUT2D eigenvalue weighted by atomic mass is 19.1. The Labute approximate surface area is 88.4 Å². The molecule has 0 aliphatic carbocycles. The third kappa shape index (κ3) is 2.63. The summed E-state index contributed by atoms with van der Waals surface area (Å²) in [5.41, 5.74) is -1.13. The van der Waals surface area contributed by atoms with Crippen molar-refractivity contribution in [1.29, 1.82) is 0 Å². The van der Waals surface area contributed by atoms with Crippen LogP contribution < -0.4 is 0 Å². The van der Waals surface area contributed by atoms with E-state index in [1.807, 2.05) is 0 Å². The van der Waals surface area contributed by atoms with E-state index in [4.69, 9.17) is 10.2 Å². The second-order valence-corrected chi connectivity index (χ2v) is 2.83. The molecule has 4 nitrogen and oxygen atoms in total. The van der Waals surface area contributed by atoms with Crippen LogP contribution in [0.3, 0.4) is 0 Å². The lowest BCUT2D eigenvalue weighted by molar-refractivity contribution is -0.131. The quantitative estimate of drug-likeness (QED) is 0.773. The van der Waals surface area contributed by atoms with Gasteiger partial charge in [0.1, 0.15) is 11.6 Å². The Bertz CT molecular complexity index is 480. The Balaban J connectivity index is 3.20. The number of hydrogen-bond acceptors (Lipinski definition) is 2. The van der Waals surface area contributed by atoms with Crippen LogP contribution >= 0.6 is 0 Å². The number of hydrogen-bond donors (Lipinski definition) is 2. The molecule has 0 saturated heterocycles. The highest BCUT2D eigenvalue weighted by Crippen LogP contribution is 2.16. The van der Waals surface area contributed by atoms with E-state index in [0.717, 1.165) is 6.08 Å². The maximum atomic E-state index is 13.2. The fourth-order valence-corrected chi connectivity index (χ4v) is 1.01. The molecule has 0 aromatic heterocycles. The molecule has 0 saturated carbocycles. The Morgan fingerprint density at radius 1 is 1.12 bits per heavy atom. The van der Waals surface area contributed by atoms with Gasteiger partial charge in [-0.05, 0) is 18.2 Å². The lowest BCUT2D eigenvalue weighted by atomic mass is 10.1. The van der Waals surface area contributed by atoms with E-state index in [1.54, 1.807) is 0 Å². The third-order valence-electron chi connectivity index (χ3n) is 1.72. The summed E-state index contributed by atoms with van der Waals surface area (Å²) in [7, 11) is 0. The van der Waals surface area contributed by atoms with E-state index in [0.29, 0.717) is 18.2 Å². The molecule has 6 heteroatoms. The first-order valence-electron chi connectivity index (χ1n) is 4.05. The summed E-state index contributed by atoms with van der Waals surface area (Å²) in [6, 6.07) is 1.12. The van der Waals surface area contributed by atoms with E-state index in [-0.39, 0.29) is 5.56 Å². The molecule has 84 valence electrons. The number of carboxylic acid groups (broad SMARTS) is 2. The monoisotopic (exact) mass is 228 g/mol. The van der Waals surface area contributed by atoms with Crippen molar-refractivity contribution in [3.05, 3.63) is 41.0 Å². The van der Waals surface area contributed by atoms with Crippen LogP contribution in [0.5, 0.6) is 0 Å². The molecule has 0 aliphatic rings. The average Bonchev–Trinajstić information content (AvgIpc) is 2.18. The van der Waals surface area contributed by atoms with Crippen molar-refractivity contribution in [3.63, 3.8) is 0 Å². The van der Waals surface area contributed by atoms with Crippen molar-refractivity contribution in [3.8, 4) is 0 Å². The van der Waals surface area contributed by atoms with E-state index in [9.17, 15) is 18.4 Å². The van der Waals surface area contributed by atoms with Crippen LogP contribution in [-0.2, 0) is 4.79 Å². The number of carbonyl (C=O) groups is 2. The minimum absolute atomic E-state index is 0.329. The fourth-order valence-electron chi connectivity index (χ4n) is 1.01. The molecule has 0 spiro atoms. The summed E-state index contributed by atoms with van der Waals surface area (Å²) in [5.74, 6) is -5.04. The molecule has 16 heavy (non-hydrogen) atoms. The van der Waals surface area contributed by atoms with Crippen molar-refractivity contribution >= 4 is 18.0 Å². The van der Waals surface area contributed by atoms with Crippen LogP contribution in [0, 0.1) is 11.6 Å². The van der Waals surface area contributed by atoms with Gasteiger partial charge in [0.05, 0.1) is 5.56 Å². The summed E-state index contributed by atoms with van der Waals surface area (Å²) in [6.45, 7) is 0. The van der Waals surface area contributed by atoms with Gasteiger partial charge in [0.25, 0.3) is 0 Å². The zero-order valence-corrected chi connectivity index (χ0v) is 7.78. The molecule has 0 amide bonds. The normalized spacial score (nSPS) is 10.6. The first kappa shape index (κ1) is 11.8. The maximum Gasteiger partial charge on any atom is 0.338 e. The molecule has 2 N–H and O–H groups in total. The average molecular weight is 228 g/mol. The zero-order chi connectivity index (χ0) is 12.3. The largest absolute Gasteiger partial charge is 0.478 e. The van der Waals surface area contributed by atoms with Crippen LogP contribution in [-0.4, -0.2) is 22.2 Å². The van der Waals surface area contributed by atoms with Crippen molar-refractivity contribution in [2.45, 2.75) is 0 Å². The minimum Gasteiger partial charge on any atom is -0.478 e. The Morgan fingerprint density at radius 2 is 1.75 bits per heavy atom. The van der Waals surface area contributed by atoms with E-state index >= 15 is 0 Å². The van der Waals surface area contributed by atoms with Crippen LogP contribution in [0.2, 0.25) is 0 Å². The summed E-state index contributed by atoms with van der Waals surface area (Å²) in [6.07, 6.45) is 1.46. The predicted molar refractivity (Wildman–Crippen MR) is 50.0 cm³/mol. The first-order valence-corrected chi connectivity index (χ1v) is 4.05. The van der Waals surface area contributed by atoms with E-state index < -0.39 is 29.1 Å². The number of benzene rings is 1. The number of rotatable bonds is 3. The van der Waals surface area contributed by atoms with Gasteiger partial charge in [-0.25, -0.2) is 18.4 Å². The molecule has 0 fully saturated rings. The molecule has 0 radical (unpaired) electrons. The van der Waals surface area contributed by atoms with Gasteiger partial charge in [-0.2, -0.15) is 0 Å². The van der Waals surface area contributed by atoms with Gasteiger partial charge in [0, 0.05) is 11.6 Å². The van der Waals surface area contributed by atoms with Crippen molar-refractivity contribution in [2.24, 2.45) is 0 Å². The maximum absolute atomic E-state index is 13.2. The fraction of sp³-hybridized carbons (Fsp3) is 0. The molecular weight excluding hydrogens is 222 g/mol. The third-order valence-corrected chi connectivity index (χ3v) is 1.72. The van der Waals surface area contributed by atoms with Crippen LogP contribution in [0.4, 0.5) is 8.78 Å². The Hall–Kier alpha value is -2.24. The van der Waals surface area contributed by atoms with Gasteiger partial charge in [0.15, 0.2) is 0 Å². The van der Waals surface area contributed by atoms with E-state index in [1.165, 1.54) is 0 Å². The summed E-state index contributed by atoms with van der Waals surface area (Å²) < 4.78 is 26.2. The molecule has 0 unspecified atom stereocenters. The van der Waals surface area contributed by atoms with Gasteiger partial charge in [0.2, 0.25) is 0 Å². The van der Waals surface area contributed by atoms with E-state index in [2.05, 4.69) is 0 Å². The lowest BCUT2D eigenvalue weighted by Crippen LogP contribution is -2.02. The Kier molecular flexibility index (Phi) is 3.34. The molecule has 0 aliphatic heterocycles. The highest BCUT2D eigenvalue weighted by Gasteiger charge is 2.13. The number of aromatic carboxylic acids is 1. The number of aliphatic carboxylic acids is 1. The van der Waals surface area contributed by atoms with Gasteiger partial charge in [-0.1, -0.05) is 0 Å². The van der Waals surface area contributed by atoms with Crippen molar-refractivity contribution < 1.29 is 28.6 Å². The summed E-state index contributed by atoms with van der Waals surface area (Å²) >= 11 is 0. The second kappa shape index (κ2) is 4.52. The van der Waals surface area contributed by atoms with Crippen molar-refractivity contribution in [2.75, 3.05) is 0 Å². The number of halogens is 2. The second-order valence-electron chi connectivity index (χ2n) is 2.83. The number of carboxylic acids is 2. The van der Waals surface area contributed by atoms with Crippen LogP contribution in [0.1, 0.15) is 15.9 Å². The topological polar surface area (TPSA) is 74.6 Å². The molecule has 0 atom stereocenters. The Morgan fingerprint density at radius 3 is 2.25 bits per heavy atom. The van der Waals surface area contributed by atoms with Crippen LogP contribution in [0.15, 0.2) is 18.2 Å². The highest BCUT2D eigenvalue weighted by molar-refractivity contribution is 5.89. The summed E-state index contributed by atoms with van der Waals surface area (Å²) in [5, 5.41) is 16.8. The first-order chi connectivity index (χ1) is 7.41. The van der Waals surface area contributed by atoms with Gasteiger partial charge < -0.3 is 10.2 Å².